The van der Waals surface area contributed by atoms with E-state index in [2.05, 4.69) is 5.10 Å². The molecule has 0 atom stereocenters. The van der Waals surface area contributed by atoms with Gasteiger partial charge in [0.05, 0.1) is 4.92 Å². The number of nitro groups is 1. The molecule has 0 aromatic carbocycles. The van der Waals surface area contributed by atoms with Crippen LogP contribution in [0.15, 0.2) is 0 Å². The Morgan fingerprint density at radius 2 is 2.23 bits per heavy atom. The first kappa shape index (κ1) is 9.66. The van der Waals surface area contributed by atoms with E-state index in [1.807, 2.05) is 0 Å². The molecule has 0 radical (unpaired) electrons. The second kappa shape index (κ2) is 3.53. The lowest BCUT2D eigenvalue weighted by Gasteiger charge is -1.99. The van der Waals surface area contributed by atoms with Gasteiger partial charge in [-0.15, -0.1) is 0 Å². The molecule has 0 aliphatic carbocycles. The Balaban J connectivity index is 3.14. The Labute approximate surface area is 75.3 Å². The third kappa shape index (κ3) is 1.67. The summed E-state index contributed by atoms with van der Waals surface area (Å²) in [4.78, 5) is 10.1. The summed E-state index contributed by atoms with van der Waals surface area (Å²) >= 11 is 0. The highest BCUT2D eigenvalue weighted by atomic mass is 16.6. The molecular weight excluding hydrogens is 174 g/mol. The average molecular weight is 185 g/mol. The number of rotatable bonds is 3. The van der Waals surface area contributed by atoms with Gasteiger partial charge >= 0.3 is 5.69 Å². The maximum atomic E-state index is 10.6. The summed E-state index contributed by atoms with van der Waals surface area (Å²) in [7, 11) is 1.52. The van der Waals surface area contributed by atoms with E-state index < -0.39 is 4.92 Å². The third-order valence-corrected chi connectivity index (χ3v) is 1.78. The predicted octanol–water partition coefficient (Wildman–Crippen LogP) is 1.01. The summed E-state index contributed by atoms with van der Waals surface area (Å²) in [5, 5.41) is 14.5. The topological polar surface area (TPSA) is 70.2 Å². The maximum absolute atomic E-state index is 10.6. The molecule has 1 aromatic heterocycles. The largest absolute Gasteiger partial charge is 0.362 e. The lowest BCUT2D eigenvalue weighted by atomic mass is 10.3. The first-order valence-corrected chi connectivity index (χ1v) is 3.75. The van der Waals surface area contributed by atoms with Gasteiger partial charge in [-0.3, -0.25) is 10.1 Å². The SMILES string of the molecule is COCn1nc(C)c([N+](=O)[O-])c1C. The highest BCUT2D eigenvalue weighted by molar-refractivity contribution is 5.39. The van der Waals surface area contributed by atoms with Crippen molar-refractivity contribution < 1.29 is 9.66 Å². The van der Waals surface area contributed by atoms with Crippen molar-refractivity contribution in [3.8, 4) is 0 Å². The van der Waals surface area contributed by atoms with E-state index in [4.69, 9.17) is 4.74 Å². The van der Waals surface area contributed by atoms with E-state index in [1.165, 1.54) is 11.8 Å². The van der Waals surface area contributed by atoms with Crippen molar-refractivity contribution in [2.75, 3.05) is 7.11 Å². The van der Waals surface area contributed by atoms with Gasteiger partial charge < -0.3 is 4.74 Å². The quantitative estimate of drug-likeness (QED) is 0.520. The molecule has 0 spiro atoms. The Hall–Kier alpha value is -1.43. The van der Waals surface area contributed by atoms with Crippen LogP contribution >= 0.6 is 0 Å². The van der Waals surface area contributed by atoms with Gasteiger partial charge in [-0.25, -0.2) is 4.68 Å². The summed E-state index contributed by atoms with van der Waals surface area (Å²) < 4.78 is 6.30. The molecule has 72 valence electrons. The van der Waals surface area contributed by atoms with Crippen molar-refractivity contribution in [2.45, 2.75) is 20.6 Å². The summed E-state index contributed by atoms with van der Waals surface area (Å²) in [6, 6.07) is 0. The van der Waals surface area contributed by atoms with Crippen LogP contribution in [-0.4, -0.2) is 21.8 Å². The summed E-state index contributed by atoms with van der Waals surface area (Å²) in [5.74, 6) is 0. The fraction of sp³-hybridized carbons (Fsp3) is 0.571. The average Bonchev–Trinajstić information content (AvgIpc) is 2.28. The normalized spacial score (nSPS) is 10.4. The fourth-order valence-corrected chi connectivity index (χ4v) is 1.20. The van der Waals surface area contributed by atoms with Gasteiger partial charge in [-0.05, 0) is 13.8 Å². The molecule has 1 rings (SSSR count). The van der Waals surface area contributed by atoms with Crippen molar-refractivity contribution >= 4 is 5.69 Å². The van der Waals surface area contributed by atoms with Gasteiger partial charge in [0.2, 0.25) is 0 Å². The van der Waals surface area contributed by atoms with Crippen molar-refractivity contribution in [1.82, 2.24) is 9.78 Å². The number of ether oxygens (including phenoxy) is 1. The molecule has 0 aliphatic rings. The number of aromatic nitrogens is 2. The monoisotopic (exact) mass is 185 g/mol. The minimum atomic E-state index is -0.427. The zero-order chi connectivity index (χ0) is 10.0. The lowest BCUT2D eigenvalue weighted by Crippen LogP contribution is -2.04. The lowest BCUT2D eigenvalue weighted by molar-refractivity contribution is -0.386. The van der Waals surface area contributed by atoms with Crippen LogP contribution in [0.2, 0.25) is 0 Å². The summed E-state index contributed by atoms with van der Waals surface area (Å²) in [5.41, 5.74) is 1.00. The van der Waals surface area contributed by atoms with Gasteiger partial charge in [0.1, 0.15) is 18.1 Å². The van der Waals surface area contributed by atoms with E-state index in [1.54, 1.807) is 13.8 Å². The first-order valence-electron chi connectivity index (χ1n) is 3.75. The van der Waals surface area contributed by atoms with E-state index >= 15 is 0 Å². The van der Waals surface area contributed by atoms with Crippen molar-refractivity contribution in [2.24, 2.45) is 0 Å². The maximum Gasteiger partial charge on any atom is 0.312 e. The van der Waals surface area contributed by atoms with E-state index in [9.17, 15) is 10.1 Å². The van der Waals surface area contributed by atoms with Crippen molar-refractivity contribution in [3.05, 3.63) is 21.5 Å². The minimum Gasteiger partial charge on any atom is -0.362 e. The van der Waals surface area contributed by atoms with Crippen LogP contribution in [0.1, 0.15) is 11.4 Å². The van der Waals surface area contributed by atoms with Crippen LogP contribution in [0.5, 0.6) is 0 Å². The number of nitrogens with zero attached hydrogens (tertiary/aromatic N) is 3. The number of methoxy groups -OCH3 is 1. The van der Waals surface area contributed by atoms with E-state index in [0.29, 0.717) is 11.4 Å². The van der Waals surface area contributed by atoms with Gasteiger partial charge in [0.15, 0.2) is 0 Å². The van der Waals surface area contributed by atoms with E-state index in [-0.39, 0.29) is 12.4 Å². The molecule has 1 aromatic rings. The van der Waals surface area contributed by atoms with Crippen LogP contribution in [0.4, 0.5) is 5.69 Å². The fourth-order valence-electron chi connectivity index (χ4n) is 1.20. The molecule has 0 unspecified atom stereocenters. The van der Waals surface area contributed by atoms with Crippen molar-refractivity contribution in [1.29, 1.82) is 0 Å². The minimum absolute atomic E-state index is 0.0667. The zero-order valence-corrected chi connectivity index (χ0v) is 7.77. The predicted molar refractivity (Wildman–Crippen MR) is 45.4 cm³/mol. The molecule has 6 nitrogen and oxygen atoms in total. The molecule has 0 aliphatic heterocycles. The molecule has 0 fully saturated rings. The Morgan fingerprint density at radius 1 is 1.62 bits per heavy atom. The number of aryl methyl sites for hydroxylation is 1. The molecule has 0 amide bonds. The third-order valence-electron chi connectivity index (χ3n) is 1.78. The van der Waals surface area contributed by atoms with E-state index in [0.717, 1.165) is 0 Å². The number of hydrogen-bond donors (Lipinski definition) is 0. The molecule has 0 N–H and O–H groups in total. The highest BCUT2D eigenvalue weighted by Gasteiger charge is 2.21. The van der Waals surface area contributed by atoms with Gasteiger partial charge in [-0.1, -0.05) is 0 Å². The second-order valence-electron chi connectivity index (χ2n) is 2.69. The molecule has 0 saturated heterocycles. The van der Waals surface area contributed by atoms with Crippen LogP contribution in [0, 0.1) is 24.0 Å². The van der Waals surface area contributed by atoms with Crippen LogP contribution < -0.4 is 0 Å². The van der Waals surface area contributed by atoms with Crippen LogP contribution in [0.25, 0.3) is 0 Å². The second-order valence-corrected chi connectivity index (χ2v) is 2.69. The zero-order valence-electron chi connectivity index (χ0n) is 7.77. The highest BCUT2D eigenvalue weighted by Crippen LogP contribution is 2.21. The van der Waals surface area contributed by atoms with Crippen LogP contribution in [0.3, 0.4) is 0 Å². The molecule has 0 bridgehead atoms. The molecule has 13 heavy (non-hydrogen) atoms. The Bertz CT molecular complexity index is 332. The Morgan fingerprint density at radius 3 is 2.62 bits per heavy atom. The first-order chi connectivity index (χ1) is 6.07. The Kier molecular flexibility index (Phi) is 2.62. The standard InChI is InChI=1S/C7H11N3O3/c1-5-7(10(11)12)6(2)9(8-5)4-13-3/h4H2,1-3H3. The molecule has 0 saturated carbocycles. The van der Waals surface area contributed by atoms with Gasteiger partial charge in [0, 0.05) is 7.11 Å². The number of hydrogen-bond acceptors (Lipinski definition) is 4. The van der Waals surface area contributed by atoms with Crippen molar-refractivity contribution in [3.63, 3.8) is 0 Å². The van der Waals surface area contributed by atoms with Gasteiger partial charge in [0.25, 0.3) is 0 Å². The summed E-state index contributed by atoms with van der Waals surface area (Å²) in [6.45, 7) is 3.50. The van der Waals surface area contributed by atoms with Gasteiger partial charge in [-0.2, -0.15) is 5.10 Å². The summed E-state index contributed by atoms with van der Waals surface area (Å²) in [6.07, 6.45) is 0. The van der Waals surface area contributed by atoms with Crippen LogP contribution in [-0.2, 0) is 11.5 Å². The molecule has 1 heterocycles. The molecule has 6 heteroatoms. The molecular formula is C7H11N3O3. The smallest absolute Gasteiger partial charge is 0.312 e.